The molecule has 0 bridgehead atoms. The minimum absolute atomic E-state index is 0.504. The molecule has 19 nitrogen and oxygen atoms in total. The summed E-state index contributed by atoms with van der Waals surface area (Å²) >= 11 is 1.78. The average molecular weight is 1430 g/mol. The molecule has 5 aliphatic rings. The van der Waals surface area contributed by atoms with Gasteiger partial charge in [-0.25, -0.2) is 79.7 Å². The van der Waals surface area contributed by atoms with Crippen LogP contribution in [0.1, 0.15) is 31.9 Å². The second kappa shape index (κ2) is 23.3. The zero-order chi connectivity index (χ0) is 74.6. The van der Waals surface area contributed by atoms with Gasteiger partial charge in [-0.1, -0.05) is 121 Å². The van der Waals surface area contributed by atoms with Crippen LogP contribution < -0.4 is 22.8 Å². The first-order valence-corrected chi connectivity index (χ1v) is 37.2. The molecule has 26 rings (SSSR count). The van der Waals surface area contributed by atoms with Gasteiger partial charge in [-0.2, -0.15) is 4.57 Å². The minimum atomic E-state index is -2.28. The Morgan fingerprint density at radius 3 is 1.22 bits per heavy atom. The summed E-state index contributed by atoms with van der Waals surface area (Å²) in [5.74, 6) is 6.12. The summed E-state index contributed by atoms with van der Waals surface area (Å²) in [5, 5.41) is 5.64. The Hall–Kier alpha value is -13.5. The molecule has 0 spiro atoms. The van der Waals surface area contributed by atoms with Crippen molar-refractivity contribution in [1.29, 1.82) is 0 Å². The number of rotatable bonds is 1. The van der Waals surface area contributed by atoms with Gasteiger partial charge in [0.15, 0.2) is 22.1 Å². The van der Waals surface area contributed by atoms with Gasteiger partial charge in [0.2, 0.25) is 50.5 Å². The molecule has 0 aliphatic carbocycles. The largest absolute Gasteiger partial charge is 0.400 e. The first-order chi connectivity index (χ1) is 54.3. The van der Waals surface area contributed by atoms with E-state index in [0.717, 1.165) is 93.4 Å². The van der Waals surface area contributed by atoms with Gasteiger partial charge in [0.05, 0.1) is 128 Å². The van der Waals surface area contributed by atoms with E-state index in [0.29, 0.717) is 17.0 Å². The van der Waals surface area contributed by atoms with Crippen LogP contribution in [0.25, 0.3) is 172 Å². The maximum Gasteiger partial charge on any atom is 0.340 e. The summed E-state index contributed by atoms with van der Waals surface area (Å²) in [5.41, 5.74) is 27.6. The fourth-order valence-corrected chi connectivity index (χ4v) is 19.5. The molecule has 0 fully saturated rings. The van der Waals surface area contributed by atoms with Crippen LogP contribution in [0.4, 0.5) is 0 Å². The second-order valence-electron chi connectivity index (χ2n) is 28.6. The maximum absolute atomic E-state index is 7.98. The molecule has 21 aromatic rings. The van der Waals surface area contributed by atoms with Crippen LogP contribution in [0.2, 0.25) is 0 Å². The zero-order valence-corrected chi connectivity index (χ0v) is 60.8. The van der Waals surface area contributed by atoms with Gasteiger partial charge < -0.3 is 4.42 Å². The molecular weight excluding hydrogens is 1360 g/mol. The number of hydrogen-bond donors (Lipinski definition) is 0. The maximum atomic E-state index is 7.98. The predicted molar refractivity (Wildman–Crippen MR) is 422 cm³/mol. The molecular formula is C88H71N18OS+5. The smallest absolute Gasteiger partial charge is 0.340 e. The SMILES string of the molecule is C[n+]1c2n(c3c4cccnc4n(-c4ccccc4)c31)Cc1ccccc1-2.C[n+]1c2n(c3c4cccnc4oc31)Cc1ccccc1-2.C[n+]1c2n(c3c4cccnc4sc31)Cc1ccccc1-2.Cn1c2ncccc2c2c1[n+](C)c1n2Cc2ccccc2-1.[2H]C([2H])([2H])n1c2ncccc2c2c1[n+](C)c1n2Cc2ccccc2-1. The Morgan fingerprint density at radius 1 is 0.343 bits per heavy atom. The number of nitrogens with zero attached hydrogens (tertiary/aromatic N) is 18. The molecule has 0 unspecified atom stereocenters. The number of thiophene rings is 1. The molecule has 0 atom stereocenters. The molecule has 0 radical (unpaired) electrons. The van der Waals surface area contributed by atoms with Crippen molar-refractivity contribution in [3.05, 3.63) is 271 Å². The molecule has 5 aliphatic heterocycles. The molecule has 15 aromatic heterocycles. The van der Waals surface area contributed by atoms with Crippen molar-refractivity contribution in [3.8, 4) is 62.6 Å². The summed E-state index contributed by atoms with van der Waals surface area (Å²) in [6, 6.07) is 73.8. The van der Waals surface area contributed by atoms with Crippen LogP contribution in [0, 0.1) is 0 Å². The number of furan rings is 1. The summed E-state index contributed by atoms with van der Waals surface area (Å²) in [4.78, 5) is 24.9. The third-order valence-corrected chi connectivity index (χ3v) is 24.0. The van der Waals surface area contributed by atoms with E-state index in [-0.39, 0.29) is 0 Å². The van der Waals surface area contributed by atoms with E-state index in [9.17, 15) is 0 Å². The van der Waals surface area contributed by atoms with Crippen molar-refractivity contribution in [3.63, 3.8) is 0 Å². The quantitative estimate of drug-likeness (QED) is 0.150. The summed E-state index contributed by atoms with van der Waals surface area (Å²) in [6.07, 6.45) is 9.02. The first kappa shape index (κ1) is 58.9. The van der Waals surface area contributed by atoms with E-state index < -0.39 is 6.98 Å². The molecule has 20 heterocycles. The number of hydrogen-bond acceptors (Lipinski definition) is 7. The number of aromatic nitrogens is 18. The highest BCUT2D eigenvalue weighted by atomic mass is 32.1. The lowest BCUT2D eigenvalue weighted by Gasteiger charge is -2.03. The van der Waals surface area contributed by atoms with Crippen molar-refractivity contribution in [2.45, 2.75) is 32.7 Å². The fourth-order valence-electron chi connectivity index (χ4n) is 18.4. The molecule has 0 N–H and O–H groups in total. The third-order valence-electron chi connectivity index (χ3n) is 22.8. The number of aryl methyl sites for hydroxylation is 7. The van der Waals surface area contributed by atoms with E-state index in [1.807, 2.05) is 78.7 Å². The van der Waals surface area contributed by atoms with Gasteiger partial charge >= 0.3 is 5.71 Å². The van der Waals surface area contributed by atoms with E-state index in [1.165, 1.54) is 127 Å². The van der Waals surface area contributed by atoms with Gasteiger partial charge in [-0.3, -0.25) is 0 Å². The number of para-hydroxylation sites is 1. The predicted octanol–water partition coefficient (Wildman–Crippen LogP) is 14.3. The number of fused-ring (bicyclic) bond motifs is 35. The lowest BCUT2D eigenvalue weighted by molar-refractivity contribution is -0.640. The fraction of sp³-hybridized carbons (Fsp3) is 0.136. The highest BCUT2D eigenvalue weighted by Crippen LogP contribution is 2.44. The Morgan fingerprint density at radius 2 is 0.713 bits per heavy atom. The van der Waals surface area contributed by atoms with Gasteiger partial charge in [-0.15, -0.1) is 0 Å². The summed E-state index contributed by atoms with van der Waals surface area (Å²) in [6.45, 7) is 2.17. The van der Waals surface area contributed by atoms with Crippen molar-refractivity contribution in [2.75, 3.05) is 0 Å². The topological polar surface area (TPSA) is 136 Å². The monoisotopic (exact) mass is 1430 g/mol. The molecule has 520 valence electrons. The second-order valence-corrected chi connectivity index (χ2v) is 29.5. The van der Waals surface area contributed by atoms with Gasteiger partial charge in [0.1, 0.15) is 23.6 Å². The molecule has 0 saturated heterocycles. The van der Waals surface area contributed by atoms with Gasteiger partial charge in [0.25, 0.3) is 28.6 Å². The minimum Gasteiger partial charge on any atom is -0.400 e. The summed E-state index contributed by atoms with van der Waals surface area (Å²) < 4.78 is 58.6. The lowest BCUT2D eigenvalue weighted by Crippen LogP contribution is -2.31. The van der Waals surface area contributed by atoms with Crippen LogP contribution in [-0.2, 0) is 82.0 Å². The lowest BCUT2D eigenvalue weighted by atomic mass is 10.1. The Labute approximate surface area is 625 Å². The van der Waals surface area contributed by atoms with E-state index in [4.69, 9.17) is 13.5 Å². The highest BCUT2D eigenvalue weighted by molar-refractivity contribution is 7.24. The van der Waals surface area contributed by atoms with Gasteiger partial charge in [-0.05, 0) is 120 Å². The van der Waals surface area contributed by atoms with Crippen molar-refractivity contribution in [2.24, 2.45) is 49.3 Å². The molecule has 20 heteroatoms. The molecule has 0 saturated carbocycles. The standard InChI is InChI=1S/C22H17N4.2C17H15N4.C16H12N3O.C16H12N3S/c1-24-21-17-11-6-5-8-15(17)14-25(21)19-18-12-7-13-23-20(18)26(22(19)24)16-9-3-2-4-10-16;2*1-19-15-13(8-5-9-18-15)14-17(19)20(2)16-12-7-4-3-6-11(12)10-21(14)16;2*1-18-15-11-6-3-2-5-10(11)9-19(15)13-12-7-4-8-17-14(12)20-16(13)18/h2-13H,14H2,1H3;2*3-9H,10H2,1-2H3;2*2-8H,9H2,1H3/q5*+1/i;1D3;;;. The highest BCUT2D eigenvalue weighted by Gasteiger charge is 2.41. The van der Waals surface area contributed by atoms with E-state index >= 15 is 0 Å². The number of benzene rings is 6. The average Bonchev–Trinajstić information content (AvgIpc) is 1.60. The number of imidazole rings is 5. The normalized spacial score (nSPS) is 13.5. The number of pyridine rings is 5. The molecule has 6 aromatic carbocycles. The van der Waals surface area contributed by atoms with Crippen LogP contribution in [0.3, 0.4) is 0 Å². The zero-order valence-electron chi connectivity index (χ0n) is 63.0. The van der Waals surface area contributed by atoms with Crippen molar-refractivity contribution < 1.29 is 31.4 Å². The summed E-state index contributed by atoms with van der Waals surface area (Å²) in [7, 11) is 12.5. The van der Waals surface area contributed by atoms with Gasteiger partial charge in [0, 0.05) is 42.1 Å². The Bertz CT molecular complexity index is 7370. The van der Waals surface area contributed by atoms with E-state index in [2.05, 4.69) is 269 Å². The van der Waals surface area contributed by atoms with Crippen LogP contribution in [0.5, 0.6) is 0 Å². The van der Waals surface area contributed by atoms with Crippen LogP contribution >= 0.6 is 11.3 Å². The van der Waals surface area contributed by atoms with Crippen LogP contribution in [0.15, 0.2) is 248 Å². The molecule has 108 heavy (non-hydrogen) atoms. The third kappa shape index (κ3) is 8.59. The van der Waals surface area contributed by atoms with E-state index in [1.54, 1.807) is 23.7 Å². The van der Waals surface area contributed by atoms with Crippen LogP contribution in [-0.4, -0.2) is 61.5 Å². The Kier molecular flexibility index (Phi) is 12.7. The first-order valence-electron chi connectivity index (χ1n) is 37.8. The molecule has 0 amide bonds. The Balaban J connectivity index is 0.0000000856. The van der Waals surface area contributed by atoms with Crippen molar-refractivity contribution >= 4 is 121 Å². The van der Waals surface area contributed by atoms with Crippen molar-refractivity contribution in [1.82, 2.24) is 61.5 Å².